The highest BCUT2D eigenvalue weighted by Gasteiger charge is 2.37. The standard InChI is InChI=1S/C20H22N2O3/c1-13-7-8-14(2)17(11-13)22-19(24)18(23)21-12-20(25)10-9-15-5-3-4-6-16(15)20/h3-8,11,25H,9-10,12H2,1-2H3,(H,21,23)(H,22,24). The van der Waals surface area contributed by atoms with Crippen molar-refractivity contribution < 1.29 is 14.7 Å². The second-order valence-corrected chi connectivity index (χ2v) is 6.64. The maximum absolute atomic E-state index is 12.1. The zero-order valence-electron chi connectivity index (χ0n) is 14.4. The molecule has 0 saturated carbocycles. The van der Waals surface area contributed by atoms with Crippen molar-refractivity contribution in [1.82, 2.24) is 5.32 Å². The first-order chi connectivity index (χ1) is 11.9. The topological polar surface area (TPSA) is 78.4 Å². The van der Waals surface area contributed by atoms with E-state index in [2.05, 4.69) is 10.6 Å². The molecule has 130 valence electrons. The maximum atomic E-state index is 12.1. The van der Waals surface area contributed by atoms with Gasteiger partial charge in [0, 0.05) is 5.69 Å². The molecule has 0 heterocycles. The van der Waals surface area contributed by atoms with Crippen LogP contribution in [0.4, 0.5) is 5.69 Å². The summed E-state index contributed by atoms with van der Waals surface area (Å²) in [6.45, 7) is 3.80. The summed E-state index contributed by atoms with van der Waals surface area (Å²) in [5.74, 6) is -1.48. The summed E-state index contributed by atoms with van der Waals surface area (Å²) in [5, 5.41) is 16.0. The van der Waals surface area contributed by atoms with Crippen molar-refractivity contribution in [3.63, 3.8) is 0 Å². The predicted octanol–water partition coefficient (Wildman–Crippen LogP) is 2.19. The van der Waals surface area contributed by atoms with Crippen LogP contribution in [0.2, 0.25) is 0 Å². The summed E-state index contributed by atoms with van der Waals surface area (Å²) >= 11 is 0. The summed E-state index contributed by atoms with van der Waals surface area (Å²) in [7, 11) is 0. The van der Waals surface area contributed by atoms with Gasteiger partial charge in [0.05, 0.1) is 6.54 Å². The van der Waals surface area contributed by atoms with Crippen LogP contribution in [0.5, 0.6) is 0 Å². The number of hydrogen-bond acceptors (Lipinski definition) is 3. The fourth-order valence-corrected chi connectivity index (χ4v) is 3.21. The summed E-state index contributed by atoms with van der Waals surface area (Å²) in [6, 6.07) is 13.3. The molecule has 5 heteroatoms. The highest BCUT2D eigenvalue weighted by molar-refractivity contribution is 6.39. The van der Waals surface area contributed by atoms with Gasteiger partial charge in [0.1, 0.15) is 5.60 Å². The highest BCUT2D eigenvalue weighted by atomic mass is 16.3. The number of carbonyl (C=O) groups excluding carboxylic acids is 2. The lowest BCUT2D eigenvalue weighted by molar-refractivity contribution is -0.136. The van der Waals surface area contributed by atoms with Crippen LogP contribution in [0.15, 0.2) is 42.5 Å². The van der Waals surface area contributed by atoms with Crippen LogP contribution in [0.25, 0.3) is 0 Å². The third kappa shape index (κ3) is 3.56. The molecule has 0 spiro atoms. The number of rotatable bonds is 3. The Morgan fingerprint density at radius 1 is 1.12 bits per heavy atom. The van der Waals surface area contributed by atoms with E-state index < -0.39 is 17.4 Å². The second-order valence-electron chi connectivity index (χ2n) is 6.64. The first-order valence-electron chi connectivity index (χ1n) is 8.36. The fourth-order valence-electron chi connectivity index (χ4n) is 3.21. The Morgan fingerprint density at radius 3 is 2.68 bits per heavy atom. The van der Waals surface area contributed by atoms with Gasteiger partial charge in [-0.05, 0) is 55.0 Å². The molecule has 0 saturated heterocycles. The van der Waals surface area contributed by atoms with Gasteiger partial charge < -0.3 is 15.7 Å². The minimum atomic E-state index is -1.12. The molecule has 2 aromatic carbocycles. The van der Waals surface area contributed by atoms with Gasteiger partial charge in [-0.1, -0.05) is 36.4 Å². The average molecular weight is 338 g/mol. The molecular formula is C20H22N2O3. The molecule has 1 atom stereocenters. The highest BCUT2D eigenvalue weighted by Crippen LogP contribution is 2.36. The van der Waals surface area contributed by atoms with E-state index in [1.165, 1.54) is 0 Å². The summed E-state index contributed by atoms with van der Waals surface area (Å²) in [6.07, 6.45) is 1.29. The number of nitrogens with one attached hydrogen (secondary N) is 2. The lowest BCUT2D eigenvalue weighted by Crippen LogP contribution is -2.43. The number of aliphatic hydroxyl groups is 1. The summed E-state index contributed by atoms with van der Waals surface area (Å²) in [5.41, 5.74) is 3.29. The number of aryl methyl sites for hydroxylation is 3. The van der Waals surface area contributed by atoms with Gasteiger partial charge in [0.15, 0.2) is 0 Å². The predicted molar refractivity (Wildman–Crippen MR) is 96.2 cm³/mol. The number of amides is 2. The Morgan fingerprint density at radius 2 is 1.88 bits per heavy atom. The number of benzene rings is 2. The Kier molecular flexibility index (Phi) is 4.59. The van der Waals surface area contributed by atoms with E-state index in [-0.39, 0.29) is 6.54 Å². The molecule has 0 aromatic heterocycles. The van der Waals surface area contributed by atoms with Gasteiger partial charge in [-0.25, -0.2) is 0 Å². The Bertz CT molecular complexity index is 831. The largest absolute Gasteiger partial charge is 0.383 e. The summed E-state index contributed by atoms with van der Waals surface area (Å²) < 4.78 is 0. The number of hydrogen-bond donors (Lipinski definition) is 3. The SMILES string of the molecule is Cc1ccc(C)c(NC(=O)C(=O)NCC2(O)CCc3ccccc32)c1. The molecule has 0 fully saturated rings. The van der Waals surface area contributed by atoms with Crippen molar-refractivity contribution in [3.8, 4) is 0 Å². The van der Waals surface area contributed by atoms with Crippen molar-refractivity contribution >= 4 is 17.5 Å². The van der Waals surface area contributed by atoms with Gasteiger partial charge in [0.2, 0.25) is 0 Å². The average Bonchev–Trinajstić information content (AvgIpc) is 2.94. The number of carbonyl (C=O) groups is 2. The van der Waals surface area contributed by atoms with Crippen LogP contribution in [-0.4, -0.2) is 23.5 Å². The lowest BCUT2D eigenvalue weighted by Gasteiger charge is -2.24. The van der Waals surface area contributed by atoms with Crippen LogP contribution in [0, 0.1) is 13.8 Å². The van der Waals surface area contributed by atoms with E-state index in [0.29, 0.717) is 12.1 Å². The molecule has 2 aromatic rings. The quantitative estimate of drug-likeness (QED) is 0.751. The second kappa shape index (κ2) is 6.69. The van der Waals surface area contributed by atoms with E-state index in [1.807, 2.05) is 56.3 Å². The van der Waals surface area contributed by atoms with Crippen LogP contribution >= 0.6 is 0 Å². The van der Waals surface area contributed by atoms with Crippen LogP contribution in [0.3, 0.4) is 0 Å². The molecule has 1 aliphatic carbocycles. The van der Waals surface area contributed by atoms with E-state index in [1.54, 1.807) is 0 Å². The van der Waals surface area contributed by atoms with Crippen LogP contribution in [-0.2, 0) is 21.6 Å². The molecule has 0 bridgehead atoms. The van der Waals surface area contributed by atoms with Gasteiger partial charge >= 0.3 is 11.8 Å². The van der Waals surface area contributed by atoms with Crippen LogP contribution in [0.1, 0.15) is 28.7 Å². The van der Waals surface area contributed by atoms with E-state index in [0.717, 1.165) is 28.7 Å². The summed E-state index contributed by atoms with van der Waals surface area (Å²) in [4.78, 5) is 24.2. The smallest absolute Gasteiger partial charge is 0.313 e. The Hall–Kier alpha value is -2.66. The molecule has 0 aliphatic heterocycles. The minimum absolute atomic E-state index is 0.0169. The molecule has 1 unspecified atom stereocenters. The van der Waals surface area contributed by atoms with E-state index in [9.17, 15) is 14.7 Å². The van der Waals surface area contributed by atoms with Gasteiger partial charge in [-0.15, -0.1) is 0 Å². The van der Waals surface area contributed by atoms with Crippen molar-refractivity contribution in [2.24, 2.45) is 0 Å². The van der Waals surface area contributed by atoms with Crippen molar-refractivity contribution in [2.45, 2.75) is 32.3 Å². The van der Waals surface area contributed by atoms with E-state index >= 15 is 0 Å². The van der Waals surface area contributed by atoms with Gasteiger partial charge in [-0.3, -0.25) is 9.59 Å². The van der Waals surface area contributed by atoms with Crippen molar-refractivity contribution in [1.29, 1.82) is 0 Å². The van der Waals surface area contributed by atoms with Gasteiger partial charge in [-0.2, -0.15) is 0 Å². The molecule has 25 heavy (non-hydrogen) atoms. The van der Waals surface area contributed by atoms with Crippen molar-refractivity contribution in [2.75, 3.05) is 11.9 Å². The zero-order valence-corrected chi connectivity index (χ0v) is 14.4. The molecule has 0 radical (unpaired) electrons. The Balaban J connectivity index is 1.63. The fraction of sp³-hybridized carbons (Fsp3) is 0.300. The number of anilines is 1. The first-order valence-corrected chi connectivity index (χ1v) is 8.36. The van der Waals surface area contributed by atoms with E-state index in [4.69, 9.17) is 0 Å². The third-order valence-electron chi connectivity index (χ3n) is 4.72. The minimum Gasteiger partial charge on any atom is -0.383 e. The molecular weight excluding hydrogens is 316 g/mol. The van der Waals surface area contributed by atoms with Gasteiger partial charge in [0.25, 0.3) is 0 Å². The normalized spacial score (nSPS) is 18.5. The third-order valence-corrected chi connectivity index (χ3v) is 4.72. The lowest BCUT2D eigenvalue weighted by atomic mass is 9.96. The molecule has 2 amide bonds. The maximum Gasteiger partial charge on any atom is 0.313 e. The molecule has 3 N–H and O–H groups in total. The first kappa shape index (κ1) is 17.2. The Labute approximate surface area is 147 Å². The van der Waals surface area contributed by atoms with Crippen LogP contribution < -0.4 is 10.6 Å². The molecule has 3 rings (SSSR count). The van der Waals surface area contributed by atoms with Crippen molar-refractivity contribution in [3.05, 3.63) is 64.7 Å². The monoisotopic (exact) mass is 338 g/mol. The molecule has 5 nitrogen and oxygen atoms in total. The number of fused-ring (bicyclic) bond motifs is 1. The molecule has 1 aliphatic rings. The zero-order chi connectivity index (χ0) is 18.0.